The second-order valence-electron chi connectivity index (χ2n) is 21.1. The molecule has 2 N–H and O–H groups in total. The highest BCUT2D eigenvalue weighted by Gasteiger charge is 2.54. The summed E-state index contributed by atoms with van der Waals surface area (Å²) in [6.45, 7) is 16.0. The summed E-state index contributed by atoms with van der Waals surface area (Å²) in [7, 11) is -8.16. The van der Waals surface area contributed by atoms with Crippen LogP contribution >= 0.6 is 7.92 Å². The first-order chi connectivity index (χ1) is 35.9. The molecule has 0 saturated heterocycles. The van der Waals surface area contributed by atoms with Gasteiger partial charge in [-0.25, -0.2) is 0 Å². The van der Waals surface area contributed by atoms with E-state index in [0.29, 0.717) is 18.3 Å². The van der Waals surface area contributed by atoms with E-state index in [1.54, 1.807) is 6.92 Å². The number of hydrogen-bond acceptors (Lipinski definition) is 4. The van der Waals surface area contributed by atoms with E-state index in [1.165, 1.54) is 0 Å². The van der Waals surface area contributed by atoms with Crippen LogP contribution in [0.25, 0.3) is 0 Å². The van der Waals surface area contributed by atoms with E-state index in [-0.39, 0.29) is 6.07 Å². The van der Waals surface area contributed by atoms with E-state index < -0.39 is 99.8 Å². The quantitative estimate of drug-likeness (QED) is 0.0510. The van der Waals surface area contributed by atoms with Crippen molar-refractivity contribution in [2.45, 2.75) is 102 Å². The number of halogens is 6. The van der Waals surface area contributed by atoms with Gasteiger partial charge in [0.1, 0.15) is 6.04 Å². The summed E-state index contributed by atoms with van der Waals surface area (Å²) >= 11 is 0. The molecule has 0 aromatic heterocycles. The van der Waals surface area contributed by atoms with Crippen LogP contribution in [0.5, 0.6) is 0 Å². The Morgan fingerprint density at radius 2 is 0.789 bits per heavy atom. The maximum atomic E-state index is 15.9. The summed E-state index contributed by atoms with van der Waals surface area (Å²) in [5.41, 5.74) is -4.28. The molecule has 0 aliphatic heterocycles. The van der Waals surface area contributed by atoms with Gasteiger partial charge >= 0.3 is 12.4 Å². The van der Waals surface area contributed by atoms with Crippen LogP contribution in [0.15, 0.2) is 200 Å². The molecular weight excluding hydrogens is 1030 g/mol. The predicted molar refractivity (Wildman–Crippen MR) is 300 cm³/mol. The van der Waals surface area contributed by atoms with Crippen molar-refractivity contribution in [2.24, 2.45) is 0 Å². The summed E-state index contributed by atoms with van der Waals surface area (Å²) in [6, 6.07) is 57.1. The van der Waals surface area contributed by atoms with Crippen LogP contribution in [0.4, 0.5) is 26.3 Å². The van der Waals surface area contributed by atoms with Crippen LogP contribution in [0, 0.1) is 0 Å². The lowest BCUT2D eigenvalue weighted by atomic mass is 10.0. The number of alkyl halides is 6. The van der Waals surface area contributed by atoms with Gasteiger partial charge in [-0.1, -0.05) is 224 Å². The molecule has 15 heteroatoms. The second-order valence-corrected chi connectivity index (χ2v) is 31.9. The summed E-state index contributed by atoms with van der Waals surface area (Å²) < 4.78 is 101. The van der Waals surface area contributed by atoms with Gasteiger partial charge in [0, 0.05) is 5.56 Å². The molecule has 7 aromatic carbocycles. The fraction of sp³-hybridized carbons (Fsp3) is 0.279. The Labute approximate surface area is 446 Å². The van der Waals surface area contributed by atoms with Crippen LogP contribution in [-0.2, 0) is 26.0 Å². The van der Waals surface area contributed by atoms with Crippen molar-refractivity contribution >= 4 is 67.7 Å². The average Bonchev–Trinajstić information content (AvgIpc) is 3.41. The minimum Gasteiger partial charge on any atom is -0.403 e. The zero-order valence-corrected chi connectivity index (χ0v) is 46.8. The molecule has 4 atom stereocenters. The van der Waals surface area contributed by atoms with E-state index in [4.69, 9.17) is 8.85 Å². The molecule has 0 fully saturated rings. The number of nitrogens with one attached hydrogen (secondary N) is 2. The second kappa shape index (κ2) is 23.6. The van der Waals surface area contributed by atoms with E-state index in [9.17, 15) is 31.1 Å². The van der Waals surface area contributed by atoms with Crippen LogP contribution in [-0.4, -0.2) is 58.9 Å². The van der Waals surface area contributed by atoms with Crippen molar-refractivity contribution in [3.63, 3.8) is 0 Å². The van der Waals surface area contributed by atoms with Gasteiger partial charge in [0.2, 0.25) is 5.91 Å². The van der Waals surface area contributed by atoms with Gasteiger partial charge in [-0.2, -0.15) is 26.3 Å². The largest absolute Gasteiger partial charge is 0.416 e. The minimum atomic E-state index is -5.24. The predicted octanol–water partition coefficient (Wildman–Crippen LogP) is 11.4. The molecule has 0 spiro atoms. The summed E-state index contributed by atoms with van der Waals surface area (Å²) in [5.74, 6) is -2.11. The highest BCUT2D eigenvalue weighted by Crippen LogP contribution is 2.42. The highest BCUT2D eigenvalue weighted by molar-refractivity contribution is 7.73. The SMILES string of the molecule is C[C@@H](O[Si](c1ccccc1)(c1ccccc1)C(C)(C)C)[C@H](NC(=O)c1cc(C(F)(F)F)cc(C(F)(F)F)c1)C(=O)N[C@H](CP(c1ccccc1)c1ccccc1)[C@@H](C)O[Si](c1ccccc1)(c1ccccc1)C(C)(C)C. The Balaban J connectivity index is 1.41. The smallest absolute Gasteiger partial charge is 0.403 e. The number of benzene rings is 7. The van der Waals surface area contributed by atoms with Crippen LogP contribution in [0.1, 0.15) is 76.9 Å². The first kappa shape index (κ1) is 57.5. The van der Waals surface area contributed by atoms with Crippen molar-refractivity contribution in [2.75, 3.05) is 6.16 Å². The first-order valence-electron chi connectivity index (χ1n) is 25.2. The van der Waals surface area contributed by atoms with E-state index >= 15 is 4.79 Å². The van der Waals surface area contributed by atoms with Crippen LogP contribution < -0.4 is 42.0 Å². The third kappa shape index (κ3) is 12.8. The van der Waals surface area contributed by atoms with E-state index in [2.05, 4.69) is 55.7 Å². The molecule has 0 aliphatic rings. The van der Waals surface area contributed by atoms with Crippen molar-refractivity contribution in [3.05, 3.63) is 217 Å². The molecule has 7 aromatic rings. The Hall–Kier alpha value is -6.16. The third-order valence-corrected chi connectivity index (χ3v) is 26.7. The van der Waals surface area contributed by atoms with E-state index in [1.807, 2.05) is 185 Å². The van der Waals surface area contributed by atoms with Crippen molar-refractivity contribution in [1.82, 2.24) is 10.6 Å². The molecular formula is C61H65F6N2O4PSi2. The monoisotopic (exact) mass is 1090 g/mol. The molecule has 0 heterocycles. The lowest BCUT2D eigenvalue weighted by molar-refractivity contribution is -0.143. The lowest BCUT2D eigenvalue weighted by Crippen LogP contribution is -2.70. The summed E-state index contributed by atoms with van der Waals surface area (Å²) in [4.78, 5) is 30.5. The average molecular weight is 1090 g/mol. The number of amides is 2. The summed E-state index contributed by atoms with van der Waals surface area (Å²) in [5, 5.41) is 10.5. The van der Waals surface area contributed by atoms with Crippen molar-refractivity contribution < 1.29 is 44.8 Å². The maximum absolute atomic E-state index is 15.9. The zero-order chi connectivity index (χ0) is 55.1. The molecule has 7 rings (SSSR count). The Morgan fingerprint density at radius 3 is 1.11 bits per heavy atom. The van der Waals surface area contributed by atoms with Crippen LogP contribution in [0.3, 0.4) is 0 Å². The highest BCUT2D eigenvalue weighted by atomic mass is 31.1. The molecule has 0 radical (unpaired) electrons. The fourth-order valence-electron chi connectivity index (χ4n) is 10.2. The number of rotatable bonds is 18. The van der Waals surface area contributed by atoms with Gasteiger partial charge < -0.3 is 19.5 Å². The first-order valence-corrected chi connectivity index (χ1v) is 30.6. The molecule has 0 bridgehead atoms. The topological polar surface area (TPSA) is 76.7 Å². The summed E-state index contributed by atoms with van der Waals surface area (Å²) in [6.07, 6.45) is -12.2. The molecule has 398 valence electrons. The number of carbonyl (C=O) groups excluding carboxylic acids is 2. The molecule has 0 saturated carbocycles. The molecule has 76 heavy (non-hydrogen) atoms. The molecule has 0 unspecified atom stereocenters. The Bertz CT molecular complexity index is 2850. The van der Waals surface area contributed by atoms with Crippen LogP contribution in [0.2, 0.25) is 10.1 Å². The normalized spacial score (nSPS) is 14.4. The third-order valence-electron chi connectivity index (χ3n) is 13.9. The minimum absolute atomic E-state index is 0.0365. The van der Waals surface area contributed by atoms with E-state index in [0.717, 1.165) is 31.4 Å². The van der Waals surface area contributed by atoms with Gasteiger partial charge in [-0.05, 0) is 87.6 Å². The fourth-order valence-corrected chi connectivity index (χ4v) is 22.2. The number of carbonyl (C=O) groups is 2. The van der Waals surface area contributed by atoms with Crippen molar-refractivity contribution in [1.29, 1.82) is 0 Å². The maximum Gasteiger partial charge on any atom is 0.416 e. The lowest BCUT2D eigenvalue weighted by Gasteiger charge is -2.47. The Kier molecular flexibility index (Phi) is 17.9. The van der Waals surface area contributed by atoms with Crippen molar-refractivity contribution in [3.8, 4) is 0 Å². The molecule has 0 aliphatic carbocycles. The molecule has 6 nitrogen and oxygen atoms in total. The zero-order valence-electron chi connectivity index (χ0n) is 43.9. The number of hydrogen-bond donors (Lipinski definition) is 2. The van der Waals surface area contributed by atoms with Gasteiger partial charge in [0.05, 0.1) is 29.4 Å². The standard InChI is InChI=1S/C61H65F6N2O4PSi2/c1-43(72-75(58(3,4)5,50-31-19-11-20-32-50)51-33-21-12-22-34-51)54(42-74(48-27-15-9-16-28-48)49-29-17-10-18-30-49)68-57(71)55(69-56(70)45-39-46(60(62,63)64)41-47(40-45)61(65,66)67)44(2)73-76(59(6,7)8,52-35-23-13-24-36-52)53-37-25-14-26-38-53/h9-41,43-44,54-55H,42H2,1-8H3,(H,68,71)(H,69,70)/t43-,44-,54-,55+/m1/s1. The van der Waals surface area contributed by atoms with Gasteiger partial charge in [-0.15, -0.1) is 0 Å². The van der Waals surface area contributed by atoms with Gasteiger partial charge in [0.25, 0.3) is 22.5 Å². The van der Waals surface area contributed by atoms with Gasteiger partial charge in [0.15, 0.2) is 0 Å². The van der Waals surface area contributed by atoms with Gasteiger partial charge in [-0.3, -0.25) is 9.59 Å². The Morgan fingerprint density at radius 1 is 0.474 bits per heavy atom. The molecule has 2 amide bonds.